The monoisotopic (exact) mass is 383 g/mol. The van der Waals surface area contributed by atoms with E-state index < -0.39 is 11.8 Å². The quantitative estimate of drug-likeness (QED) is 0.654. The van der Waals surface area contributed by atoms with Gasteiger partial charge in [-0.3, -0.25) is 4.79 Å². The molecule has 0 aliphatic heterocycles. The molecule has 28 heavy (non-hydrogen) atoms. The van der Waals surface area contributed by atoms with Gasteiger partial charge in [-0.1, -0.05) is 19.9 Å². The Morgan fingerprint density at radius 3 is 2.64 bits per heavy atom. The maximum absolute atomic E-state index is 13.3. The van der Waals surface area contributed by atoms with Crippen LogP contribution in [0, 0.1) is 11.7 Å². The Morgan fingerprint density at radius 2 is 1.96 bits per heavy atom. The van der Waals surface area contributed by atoms with Crippen LogP contribution in [-0.2, 0) is 13.0 Å². The topological polar surface area (TPSA) is 84.2 Å². The molecule has 0 aliphatic carbocycles. The third-order valence-corrected chi connectivity index (χ3v) is 4.34. The summed E-state index contributed by atoms with van der Waals surface area (Å²) >= 11 is 0. The Morgan fingerprint density at radius 1 is 1.18 bits per heavy atom. The highest BCUT2D eigenvalue weighted by Gasteiger charge is 2.15. The average molecular weight is 383 g/mol. The SMILES string of the molecule is CC(C)Cn1c(CCNC(=O)c2cccc(F)c2)nc2cc(C(=O)O)ccc21. The standard InChI is InChI=1S/C21H22FN3O3/c1-13(2)12-25-18-7-6-15(21(27)28)11-17(18)24-19(25)8-9-23-20(26)14-4-3-5-16(22)10-14/h3-7,10-11,13H,8-9,12H2,1-2H3,(H,23,26)(H,27,28). The number of fused-ring (bicyclic) bond motifs is 1. The van der Waals surface area contributed by atoms with Crippen LogP contribution in [0.15, 0.2) is 42.5 Å². The van der Waals surface area contributed by atoms with Gasteiger partial charge in [0.1, 0.15) is 11.6 Å². The predicted octanol–water partition coefficient (Wildman–Crippen LogP) is 3.50. The number of rotatable bonds is 7. The van der Waals surface area contributed by atoms with Crippen LogP contribution in [0.25, 0.3) is 11.0 Å². The highest BCUT2D eigenvalue weighted by Crippen LogP contribution is 2.20. The first kappa shape index (κ1) is 19.5. The first-order chi connectivity index (χ1) is 13.3. The maximum atomic E-state index is 13.3. The number of benzene rings is 2. The van der Waals surface area contributed by atoms with Gasteiger partial charge in [0.15, 0.2) is 0 Å². The number of carbonyl (C=O) groups excluding carboxylic acids is 1. The van der Waals surface area contributed by atoms with Gasteiger partial charge >= 0.3 is 5.97 Å². The predicted molar refractivity (Wildman–Crippen MR) is 104 cm³/mol. The van der Waals surface area contributed by atoms with Crippen LogP contribution in [0.2, 0.25) is 0 Å². The molecular formula is C21H22FN3O3. The molecule has 1 heterocycles. The molecule has 0 saturated carbocycles. The summed E-state index contributed by atoms with van der Waals surface area (Å²) in [7, 11) is 0. The number of imidazole rings is 1. The molecule has 2 N–H and O–H groups in total. The first-order valence-electron chi connectivity index (χ1n) is 9.11. The molecule has 1 amide bonds. The van der Waals surface area contributed by atoms with Crippen LogP contribution in [0.1, 0.15) is 40.4 Å². The van der Waals surface area contributed by atoms with Crippen molar-refractivity contribution in [2.75, 3.05) is 6.54 Å². The van der Waals surface area contributed by atoms with Gasteiger partial charge in [0.25, 0.3) is 5.91 Å². The molecule has 1 aromatic heterocycles. The number of carboxylic acid groups (broad SMARTS) is 1. The van der Waals surface area contributed by atoms with Gasteiger partial charge in [-0.05, 0) is 42.3 Å². The summed E-state index contributed by atoms with van der Waals surface area (Å²) in [5.74, 6) is -0.660. The van der Waals surface area contributed by atoms with Crippen molar-refractivity contribution in [3.8, 4) is 0 Å². The maximum Gasteiger partial charge on any atom is 0.335 e. The van der Waals surface area contributed by atoms with Crippen molar-refractivity contribution in [1.29, 1.82) is 0 Å². The van der Waals surface area contributed by atoms with Crippen LogP contribution in [0.3, 0.4) is 0 Å². The second kappa shape index (κ2) is 8.21. The van der Waals surface area contributed by atoms with E-state index in [0.717, 1.165) is 17.9 Å². The highest BCUT2D eigenvalue weighted by molar-refractivity contribution is 5.94. The van der Waals surface area contributed by atoms with Gasteiger partial charge in [-0.15, -0.1) is 0 Å². The number of carboxylic acids is 1. The Bertz CT molecular complexity index is 1030. The summed E-state index contributed by atoms with van der Waals surface area (Å²) < 4.78 is 15.3. The van der Waals surface area contributed by atoms with Gasteiger partial charge in [-0.25, -0.2) is 14.2 Å². The largest absolute Gasteiger partial charge is 0.478 e. The number of carbonyl (C=O) groups is 2. The third-order valence-electron chi connectivity index (χ3n) is 4.34. The lowest BCUT2D eigenvalue weighted by Crippen LogP contribution is -2.26. The van der Waals surface area contributed by atoms with Crippen molar-refractivity contribution >= 4 is 22.9 Å². The Balaban J connectivity index is 1.79. The number of hydrogen-bond donors (Lipinski definition) is 2. The molecule has 0 atom stereocenters. The number of nitrogens with zero attached hydrogens (tertiary/aromatic N) is 2. The van der Waals surface area contributed by atoms with E-state index in [1.807, 2.05) is 0 Å². The van der Waals surface area contributed by atoms with Crippen LogP contribution >= 0.6 is 0 Å². The van der Waals surface area contributed by atoms with Crippen molar-refractivity contribution in [3.05, 3.63) is 65.2 Å². The summed E-state index contributed by atoms with van der Waals surface area (Å²) in [6.07, 6.45) is 0.477. The number of nitrogens with one attached hydrogen (secondary N) is 1. The van der Waals surface area contributed by atoms with E-state index in [1.165, 1.54) is 18.2 Å². The second-order valence-corrected chi connectivity index (χ2v) is 7.06. The summed E-state index contributed by atoms with van der Waals surface area (Å²) in [4.78, 5) is 28.0. The fourth-order valence-electron chi connectivity index (χ4n) is 3.09. The molecule has 2 aromatic carbocycles. The van der Waals surface area contributed by atoms with E-state index in [1.54, 1.807) is 24.3 Å². The Kier molecular flexibility index (Phi) is 5.73. The summed E-state index contributed by atoms with van der Waals surface area (Å²) in [5.41, 5.74) is 1.94. The fraction of sp³-hybridized carbons (Fsp3) is 0.286. The van der Waals surface area contributed by atoms with E-state index in [9.17, 15) is 19.1 Å². The molecule has 0 fully saturated rings. The van der Waals surface area contributed by atoms with E-state index in [0.29, 0.717) is 24.4 Å². The number of aromatic nitrogens is 2. The lowest BCUT2D eigenvalue weighted by molar-refractivity contribution is 0.0696. The fourth-order valence-corrected chi connectivity index (χ4v) is 3.09. The van der Waals surface area contributed by atoms with Crippen molar-refractivity contribution in [2.45, 2.75) is 26.8 Å². The van der Waals surface area contributed by atoms with Crippen LogP contribution in [-0.4, -0.2) is 33.1 Å². The average Bonchev–Trinajstić information content (AvgIpc) is 2.97. The van der Waals surface area contributed by atoms with Gasteiger partial charge < -0.3 is 15.0 Å². The van der Waals surface area contributed by atoms with Gasteiger partial charge in [0.2, 0.25) is 0 Å². The molecule has 0 saturated heterocycles. The minimum atomic E-state index is -0.996. The number of halogens is 1. The first-order valence-corrected chi connectivity index (χ1v) is 9.11. The smallest absolute Gasteiger partial charge is 0.335 e. The minimum absolute atomic E-state index is 0.188. The summed E-state index contributed by atoms with van der Waals surface area (Å²) in [6.45, 7) is 5.25. The van der Waals surface area contributed by atoms with Gasteiger partial charge in [0.05, 0.1) is 16.6 Å². The molecule has 0 bridgehead atoms. The summed E-state index contributed by atoms with van der Waals surface area (Å²) in [6, 6.07) is 10.4. The summed E-state index contributed by atoms with van der Waals surface area (Å²) in [5, 5.41) is 12.0. The zero-order chi connectivity index (χ0) is 20.3. The molecule has 3 aromatic rings. The molecule has 0 aliphatic rings. The van der Waals surface area contributed by atoms with E-state index in [-0.39, 0.29) is 17.0 Å². The van der Waals surface area contributed by atoms with Crippen LogP contribution in [0.5, 0.6) is 0 Å². The normalized spacial score (nSPS) is 11.1. The molecule has 0 unspecified atom stereocenters. The highest BCUT2D eigenvalue weighted by atomic mass is 19.1. The van der Waals surface area contributed by atoms with Crippen molar-refractivity contribution < 1.29 is 19.1 Å². The minimum Gasteiger partial charge on any atom is -0.478 e. The molecule has 0 radical (unpaired) electrons. The van der Waals surface area contributed by atoms with E-state index >= 15 is 0 Å². The van der Waals surface area contributed by atoms with Gasteiger partial charge in [0, 0.05) is 25.1 Å². The van der Waals surface area contributed by atoms with Gasteiger partial charge in [-0.2, -0.15) is 0 Å². The zero-order valence-corrected chi connectivity index (χ0v) is 15.8. The number of hydrogen-bond acceptors (Lipinski definition) is 3. The lowest BCUT2D eigenvalue weighted by Gasteiger charge is -2.12. The third kappa shape index (κ3) is 4.36. The van der Waals surface area contributed by atoms with E-state index in [4.69, 9.17) is 0 Å². The molecule has 0 spiro atoms. The molecule has 3 rings (SSSR count). The molecular weight excluding hydrogens is 361 g/mol. The number of aromatic carboxylic acids is 1. The van der Waals surface area contributed by atoms with Crippen molar-refractivity contribution in [1.82, 2.24) is 14.9 Å². The second-order valence-electron chi connectivity index (χ2n) is 7.06. The lowest BCUT2D eigenvalue weighted by atomic mass is 10.2. The van der Waals surface area contributed by atoms with Crippen molar-refractivity contribution in [2.24, 2.45) is 5.92 Å². The van der Waals surface area contributed by atoms with Crippen LogP contribution < -0.4 is 5.32 Å². The van der Waals surface area contributed by atoms with Crippen molar-refractivity contribution in [3.63, 3.8) is 0 Å². The van der Waals surface area contributed by atoms with Crippen LogP contribution in [0.4, 0.5) is 4.39 Å². The molecule has 6 nitrogen and oxygen atoms in total. The van der Waals surface area contributed by atoms with E-state index in [2.05, 4.69) is 28.7 Å². The molecule has 146 valence electrons. The molecule has 7 heteroatoms. The number of amides is 1. The Labute approximate surface area is 162 Å². The zero-order valence-electron chi connectivity index (χ0n) is 15.8. The Hall–Kier alpha value is -3.22.